The molecule has 1 aromatic carbocycles. The van der Waals surface area contributed by atoms with Crippen LogP contribution in [-0.4, -0.2) is 17.4 Å². The molecule has 0 amide bonds. The number of hydrogen-bond donors (Lipinski definition) is 2. The molecule has 0 unspecified atom stereocenters. The van der Waals surface area contributed by atoms with Gasteiger partial charge in [-0.05, 0) is 24.6 Å². The summed E-state index contributed by atoms with van der Waals surface area (Å²) in [5.41, 5.74) is 0.940. The number of hydrogen-bond acceptors (Lipinski definition) is 3. The van der Waals surface area contributed by atoms with Crippen molar-refractivity contribution in [2.24, 2.45) is 0 Å². The fraction of sp³-hybridized carbons (Fsp3) is 0.143. The van der Waals surface area contributed by atoms with Crippen molar-refractivity contribution in [1.29, 1.82) is 0 Å². The molecule has 0 saturated carbocycles. The summed E-state index contributed by atoms with van der Waals surface area (Å²) >= 11 is 5.69. The fourth-order valence-electron chi connectivity index (χ4n) is 0.814. The summed E-state index contributed by atoms with van der Waals surface area (Å²) in [6, 6.07) is 5.06. The number of benzene rings is 1. The lowest BCUT2D eigenvalue weighted by molar-refractivity contribution is 0.288. The van der Waals surface area contributed by atoms with Gasteiger partial charge >= 0.3 is 7.32 Å². The molecule has 0 aliphatic carbocycles. The zero-order chi connectivity index (χ0) is 9.14. The second kappa shape index (κ2) is 3.80. The maximum atomic E-state index is 8.50. The van der Waals surface area contributed by atoms with E-state index in [2.05, 4.69) is 4.65 Å². The quantitative estimate of drug-likeness (QED) is 0.678. The normalized spacial score (nSPS) is 9.67. The van der Waals surface area contributed by atoms with Gasteiger partial charge in [-0.1, -0.05) is 17.7 Å². The van der Waals surface area contributed by atoms with Crippen LogP contribution in [0.2, 0.25) is 5.02 Å². The molecule has 2 N–H and O–H groups in total. The zero-order valence-corrected chi connectivity index (χ0v) is 7.25. The highest BCUT2D eigenvalue weighted by atomic mass is 35.5. The SMILES string of the molecule is Cc1ccc(Cl)c(OB(O)O)c1. The van der Waals surface area contributed by atoms with Crippen molar-refractivity contribution in [2.75, 3.05) is 0 Å². The maximum absolute atomic E-state index is 8.50. The first-order valence-electron chi connectivity index (χ1n) is 3.38. The molecule has 3 nitrogen and oxygen atoms in total. The van der Waals surface area contributed by atoms with Crippen molar-refractivity contribution in [3.05, 3.63) is 28.8 Å². The molecule has 0 fully saturated rings. The van der Waals surface area contributed by atoms with Crippen LogP contribution in [-0.2, 0) is 0 Å². The second-order valence-corrected chi connectivity index (χ2v) is 2.79. The first kappa shape index (κ1) is 9.38. The Morgan fingerprint density at radius 2 is 2.08 bits per heavy atom. The third kappa shape index (κ3) is 2.41. The van der Waals surface area contributed by atoms with E-state index in [1.54, 1.807) is 18.2 Å². The van der Waals surface area contributed by atoms with Crippen molar-refractivity contribution in [1.82, 2.24) is 0 Å². The van der Waals surface area contributed by atoms with Gasteiger partial charge in [0.2, 0.25) is 0 Å². The van der Waals surface area contributed by atoms with E-state index in [1.807, 2.05) is 6.92 Å². The fourth-order valence-corrected chi connectivity index (χ4v) is 0.977. The highest BCUT2D eigenvalue weighted by molar-refractivity contribution is 6.36. The van der Waals surface area contributed by atoms with Gasteiger partial charge in [0, 0.05) is 0 Å². The third-order valence-corrected chi connectivity index (χ3v) is 1.63. The number of aryl methyl sites for hydroxylation is 1. The van der Waals surface area contributed by atoms with E-state index in [-0.39, 0.29) is 5.75 Å². The molecule has 0 aliphatic heterocycles. The highest BCUT2D eigenvalue weighted by Gasteiger charge is 2.13. The predicted octanol–water partition coefficient (Wildman–Crippen LogP) is 0.997. The Labute approximate surface area is 75.7 Å². The molecule has 0 aromatic heterocycles. The highest BCUT2D eigenvalue weighted by Crippen LogP contribution is 2.25. The average Bonchev–Trinajstić information content (AvgIpc) is 1.96. The zero-order valence-electron chi connectivity index (χ0n) is 6.49. The molecule has 0 bridgehead atoms. The molecule has 0 saturated heterocycles. The van der Waals surface area contributed by atoms with Crippen LogP contribution in [0.3, 0.4) is 0 Å². The van der Waals surface area contributed by atoms with Gasteiger partial charge in [-0.15, -0.1) is 0 Å². The van der Waals surface area contributed by atoms with Gasteiger partial charge in [-0.25, -0.2) is 0 Å². The van der Waals surface area contributed by atoms with E-state index in [9.17, 15) is 0 Å². The Kier molecular flexibility index (Phi) is 2.97. The summed E-state index contributed by atoms with van der Waals surface area (Å²) in [5, 5.41) is 17.3. The largest absolute Gasteiger partial charge is 0.707 e. The van der Waals surface area contributed by atoms with E-state index in [4.69, 9.17) is 21.6 Å². The Morgan fingerprint density at radius 1 is 1.42 bits per heavy atom. The van der Waals surface area contributed by atoms with Crippen LogP contribution >= 0.6 is 11.6 Å². The van der Waals surface area contributed by atoms with Crippen LogP contribution < -0.4 is 4.65 Å². The summed E-state index contributed by atoms with van der Waals surface area (Å²) in [7, 11) is -1.83. The van der Waals surface area contributed by atoms with Gasteiger partial charge in [0.15, 0.2) is 0 Å². The van der Waals surface area contributed by atoms with Crippen molar-refractivity contribution in [3.63, 3.8) is 0 Å². The van der Waals surface area contributed by atoms with Crippen LogP contribution in [0.15, 0.2) is 18.2 Å². The van der Waals surface area contributed by atoms with Crippen LogP contribution in [0.1, 0.15) is 5.56 Å². The molecule has 64 valence electrons. The van der Waals surface area contributed by atoms with Gasteiger partial charge in [0.1, 0.15) is 5.75 Å². The molecule has 1 aromatic rings. The first-order chi connectivity index (χ1) is 5.59. The average molecular weight is 186 g/mol. The summed E-state index contributed by atoms with van der Waals surface area (Å²) in [4.78, 5) is 0. The minimum absolute atomic E-state index is 0.270. The lowest BCUT2D eigenvalue weighted by Crippen LogP contribution is -2.20. The molecule has 0 radical (unpaired) electrons. The third-order valence-electron chi connectivity index (χ3n) is 1.32. The van der Waals surface area contributed by atoms with Crippen molar-refractivity contribution < 1.29 is 14.7 Å². The van der Waals surface area contributed by atoms with E-state index in [1.165, 1.54) is 0 Å². The summed E-state index contributed by atoms with van der Waals surface area (Å²) in [5.74, 6) is 0.270. The number of halogens is 1. The lowest BCUT2D eigenvalue weighted by Gasteiger charge is -2.06. The molecular formula is C7H8BClO3. The van der Waals surface area contributed by atoms with E-state index in [0.717, 1.165) is 5.56 Å². The molecule has 1 rings (SSSR count). The van der Waals surface area contributed by atoms with Crippen molar-refractivity contribution in [2.45, 2.75) is 6.92 Å². The smallest absolute Gasteiger partial charge is 0.511 e. The molecular weight excluding hydrogens is 178 g/mol. The Bertz CT molecular complexity index is 277. The summed E-state index contributed by atoms with van der Waals surface area (Å²) in [6.07, 6.45) is 0. The van der Waals surface area contributed by atoms with Gasteiger partial charge in [-0.3, -0.25) is 0 Å². The molecule has 0 aliphatic rings. The Hall–Kier alpha value is -0.705. The molecule has 12 heavy (non-hydrogen) atoms. The Morgan fingerprint density at radius 3 is 2.67 bits per heavy atom. The van der Waals surface area contributed by atoms with E-state index < -0.39 is 7.32 Å². The maximum Gasteiger partial charge on any atom is 0.707 e. The first-order valence-corrected chi connectivity index (χ1v) is 3.76. The van der Waals surface area contributed by atoms with Gasteiger partial charge in [0.05, 0.1) is 5.02 Å². The van der Waals surface area contributed by atoms with Gasteiger partial charge in [0.25, 0.3) is 0 Å². The van der Waals surface area contributed by atoms with E-state index in [0.29, 0.717) is 5.02 Å². The molecule has 5 heteroatoms. The Balaban J connectivity index is 2.90. The topological polar surface area (TPSA) is 49.7 Å². The van der Waals surface area contributed by atoms with Gasteiger partial charge in [-0.2, -0.15) is 0 Å². The van der Waals surface area contributed by atoms with E-state index >= 15 is 0 Å². The van der Waals surface area contributed by atoms with Crippen LogP contribution in [0, 0.1) is 6.92 Å². The van der Waals surface area contributed by atoms with Crippen LogP contribution in [0.5, 0.6) is 5.75 Å². The molecule has 0 heterocycles. The monoisotopic (exact) mass is 186 g/mol. The van der Waals surface area contributed by atoms with Crippen molar-refractivity contribution in [3.8, 4) is 5.75 Å². The minimum atomic E-state index is -1.83. The van der Waals surface area contributed by atoms with Gasteiger partial charge < -0.3 is 14.7 Å². The minimum Gasteiger partial charge on any atom is -0.511 e. The summed E-state index contributed by atoms with van der Waals surface area (Å²) in [6.45, 7) is 1.85. The summed E-state index contributed by atoms with van der Waals surface area (Å²) < 4.78 is 4.60. The lowest BCUT2D eigenvalue weighted by atomic mass is 10.2. The molecule has 0 spiro atoms. The second-order valence-electron chi connectivity index (χ2n) is 2.38. The number of rotatable bonds is 2. The predicted molar refractivity (Wildman–Crippen MR) is 47.0 cm³/mol. The van der Waals surface area contributed by atoms with Crippen molar-refractivity contribution >= 4 is 18.9 Å². The molecule has 0 atom stereocenters. The van der Waals surface area contributed by atoms with Crippen LogP contribution in [0.25, 0.3) is 0 Å². The standard InChI is InChI=1S/C7H8BClO3/c1-5-2-3-6(9)7(4-5)12-8(10)11/h2-4,10-11H,1H3. The van der Waals surface area contributed by atoms with Crippen LogP contribution in [0.4, 0.5) is 0 Å².